The average Bonchev–Trinajstić information content (AvgIpc) is 2.85. The zero-order chi connectivity index (χ0) is 22.3. The zero-order valence-corrected chi connectivity index (χ0v) is 18.8. The van der Waals surface area contributed by atoms with Crippen LogP contribution >= 0.6 is 0 Å². The van der Waals surface area contributed by atoms with Crippen LogP contribution in [0.4, 0.5) is 5.82 Å². The summed E-state index contributed by atoms with van der Waals surface area (Å²) in [4.78, 5) is 23.8. The Hall–Kier alpha value is -3.41. The molecule has 32 heavy (non-hydrogen) atoms. The van der Waals surface area contributed by atoms with E-state index in [1.807, 2.05) is 31.2 Å². The fraction of sp³-hybridized carbons (Fsp3) is 0.346. The number of rotatable bonds is 7. The summed E-state index contributed by atoms with van der Waals surface area (Å²) in [5.41, 5.74) is 3.61. The van der Waals surface area contributed by atoms with E-state index < -0.39 is 0 Å². The van der Waals surface area contributed by atoms with E-state index in [2.05, 4.69) is 51.4 Å². The number of aryl methyl sites for hydroxylation is 2. The predicted molar refractivity (Wildman–Crippen MR) is 126 cm³/mol. The van der Waals surface area contributed by atoms with E-state index in [9.17, 15) is 4.79 Å². The number of carbonyl (C=O) groups excluding carboxylic acids is 1. The molecule has 1 fully saturated rings. The summed E-state index contributed by atoms with van der Waals surface area (Å²) in [6.07, 6.45) is 5.90. The summed E-state index contributed by atoms with van der Waals surface area (Å²) in [5, 5.41) is 3.10. The summed E-state index contributed by atoms with van der Waals surface area (Å²) in [5.74, 6) is 2.09. The van der Waals surface area contributed by atoms with Gasteiger partial charge in [-0.25, -0.2) is 9.97 Å². The zero-order valence-electron chi connectivity index (χ0n) is 18.8. The van der Waals surface area contributed by atoms with Crippen molar-refractivity contribution in [3.63, 3.8) is 0 Å². The molecule has 1 aromatic heterocycles. The largest absolute Gasteiger partial charge is 0.436 e. The van der Waals surface area contributed by atoms with Crippen LogP contribution in [0.25, 0.3) is 0 Å². The first-order valence-corrected chi connectivity index (χ1v) is 11.3. The van der Waals surface area contributed by atoms with Gasteiger partial charge >= 0.3 is 0 Å². The van der Waals surface area contributed by atoms with Crippen LogP contribution in [0.3, 0.4) is 0 Å². The maximum absolute atomic E-state index is 12.7. The van der Waals surface area contributed by atoms with Crippen molar-refractivity contribution >= 4 is 11.7 Å². The number of anilines is 1. The molecule has 166 valence electrons. The van der Waals surface area contributed by atoms with E-state index in [0.29, 0.717) is 12.4 Å². The van der Waals surface area contributed by atoms with Crippen LogP contribution in [0.15, 0.2) is 60.9 Å². The Morgan fingerprint density at radius 3 is 2.34 bits per heavy atom. The van der Waals surface area contributed by atoms with E-state index in [4.69, 9.17) is 4.74 Å². The van der Waals surface area contributed by atoms with Gasteiger partial charge in [-0.3, -0.25) is 4.79 Å². The number of amides is 1. The second-order valence-corrected chi connectivity index (χ2v) is 8.25. The van der Waals surface area contributed by atoms with Crippen molar-refractivity contribution in [1.82, 2.24) is 15.3 Å². The molecule has 0 saturated carbocycles. The summed E-state index contributed by atoms with van der Waals surface area (Å²) in [6.45, 7) is 6.24. The molecule has 6 nitrogen and oxygen atoms in total. The van der Waals surface area contributed by atoms with Gasteiger partial charge in [0.25, 0.3) is 5.88 Å². The van der Waals surface area contributed by atoms with Gasteiger partial charge in [-0.1, -0.05) is 48.9 Å². The third-order valence-corrected chi connectivity index (χ3v) is 5.95. The SMILES string of the molecule is CCc1ccc(CNC(=O)C2CCN(c3nccnc3Oc3ccc(C)cc3)CC2)cc1. The van der Waals surface area contributed by atoms with Gasteiger partial charge in [-0.15, -0.1) is 0 Å². The molecule has 0 aliphatic carbocycles. The third-order valence-electron chi connectivity index (χ3n) is 5.95. The Morgan fingerprint density at radius 1 is 1.00 bits per heavy atom. The molecule has 0 radical (unpaired) electrons. The Kier molecular flexibility index (Phi) is 7.00. The van der Waals surface area contributed by atoms with Crippen molar-refractivity contribution in [2.45, 2.75) is 39.7 Å². The highest BCUT2D eigenvalue weighted by Gasteiger charge is 2.27. The van der Waals surface area contributed by atoms with Crippen molar-refractivity contribution in [2.75, 3.05) is 18.0 Å². The summed E-state index contributed by atoms with van der Waals surface area (Å²) in [7, 11) is 0. The van der Waals surface area contributed by atoms with Crippen LogP contribution < -0.4 is 15.0 Å². The lowest BCUT2D eigenvalue weighted by atomic mass is 9.96. The Bertz CT molecular complexity index is 1030. The minimum absolute atomic E-state index is 0.0132. The van der Waals surface area contributed by atoms with Crippen LogP contribution in [0.5, 0.6) is 11.6 Å². The number of aromatic nitrogens is 2. The van der Waals surface area contributed by atoms with Crippen LogP contribution in [0.1, 0.15) is 36.5 Å². The highest BCUT2D eigenvalue weighted by atomic mass is 16.5. The minimum Gasteiger partial charge on any atom is -0.436 e. The van der Waals surface area contributed by atoms with E-state index in [-0.39, 0.29) is 11.8 Å². The van der Waals surface area contributed by atoms with Crippen LogP contribution in [0.2, 0.25) is 0 Å². The number of nitrogens with one attached hydrogen (secondary N) is 1. The number of benzene rings is 2. The second-order valence-electron chi connectivity index (χ2n) is 8.25. The monoisotopic (exact) mass is 430 g/mol. The second kappa shape index (κ2) is 10.3. The van der Waals surface area contributed by atoms with Gasteiger partial charge in [0.05, 0.1) is 0 Å². The van der Waals surface area contributed by atoms with Crippen molar-refractivity contribution in [2.24, 2.45) is 5.92 Å². The third kappa shape index (κ3) is 5.44. The van der Waals surface area contributed by atoms with E-state index >= 15 is 0 Å². The normalized spacial score (nSPS) is 14.2. The van der Waals surface area contributed by atoms with Gasteiger partial charge in [-0.2, -0.15) is 0 Å². The van der Waals surface area contributed by atoms with Gasteiger partial charge in [0.15, 0.2) is 5.82 Å². The maximum atomic E-state index is 12.7. The van der Waals surface area contributed by atoms with Crippen LogP contribution in [0, 0.1) is 12.8 Å². The number of nitrogens with zero attached hydrogens (tertiary/aromatic N) is 3. The van der Waals surface area contributed by atoms with Crippen LogP contribution in [-0.2, 0) is 17.8 Å². The molecule has 1 amide bonds. The Morgan fingerprint density at radius 2 is 1.66 bits per heavy atom. The smallest absolute Gasteiger partial charge is 0.263 e. The fourth-order valence-electron chi connectivity index (χ4n) is 3.90. The van der Waals surface area contributed by atoms with Crippen molar-refractivity contribution in [1.29, 1.82) is 0 Å². The molecule has 1 aliphatic heterocycles. The molecule has 0 atom stereocenters. The number of piperidine rings is 1. The number of hydrogen-bond donors (Lipinski definition) is 1. The Labute approximate surface area is 189 Å². The lowest BCUT2D eigenvalue weighted by Gasteiger charge is -2.32. The van der Waals surface area contributed by atoms with Crippen molar-refractivity contribution in [3.8, 4) is 11.6 Å². The maximum Gasteiger partial charge on any atom is 0.263 e. The molecule has 0 spiro atoms. The van der Waals surface area contributed by atoms with Crippen LogP contribution in [-0.4, -0.2) is 29.0 Å². The molecule has 0 bridgehead atoms. The first-order valence-electron chi connectivity index (χ1n) is 11.3. The van der Waals surface area contributed by atoms with Gasteiger partial charge in [0, 0.05) is 37.9 Å². The molecule has 2 heterocycles. The lowest BCUT2D eigenvalue weighted by Crippen LogP contribution is -2.40. The summed E-state index contributed by atoms with van der Waals surface area (Å²) in [6, 6.07) is 16.3. The highest BCUT2D eigenvalue weighted by molar-refractivity contribution is 5.79. The first-order chi connectivity index (χ1) is 15.6. The van der Waals surface area contributed by atoms with Gasteiger partial charge in [0.1, 0.15) is 5.75 Å². The van der Waals surface area contributed by atoms with Gasteiger partial charge in [-0.05, 0) is 49.4 Å². The molecular weight excluding hydrogens is 400 g/mol. The van der Waals surface area contributed by atoms with E-state index in [0.717, 1.165) is 49.5 Å². The topological polar surface area (TPSA) is 67.4 Å². The minimum atomic E-state index is 0.0132. The number of ether oxygens (including phenoxy) is 1. The lowest BCUT2D eigenvalue weighted by molar-refractivity contribution is -0.125. The molecule has 2 aromatic carbocycles. The Balaban J connectivity index is 1.32. The average molecular weight is 431 g/mol. The molecule has 4 rings (SSSR count). The van der Waals surface area contributed by atoms with E-state index in [1.165, 1.54) is 11.1 Å². The quantitative estimate of drug-likeness (QED) is 0.590. The standard InChI is InChI=1S/C26H30N4O2/c1-3-20-6-8-21(9-7-20)18-29-25(31)22-12-16-30(17-13-22)24-26(28-15-14-27-24)32-23-10-4-19(2)5-11-23/h4-11,14-15,22H,3,12-13,16-18H2,1-2H3,(H,29,31). The molecule has 0 unspecified atom stereocenters. The van der Waals surface area contributed by atoms with Crippen molar-refractivity contribution in [3.05, 3.63) is 77.6 Å². The van der Waals surface area contributed by atoms with Gasteiger partial charge in [0.2, 0.25) is 5.91 Å². The molecular formula is C26H30N4O2. The fourth-order valence-corrected chi connectivity index (χ4v) is 3.90. The van der Waals surface area contributed by atoms with Gasteiger partial charge < -0.3 is 15.0 Å². The number of carbonyl (C=O) groups is 1. The van der Waals surface area contributed by atoms with Crippen molar-refractivity contribution < 1.29 is 9.53 Å². The molecule has 1 saturated heterocycles. The molecule has 1 aliphatic rings. The summed E-state index contributed by atoms with van der Waals surface area (Å²) >= 11 is 0. The molecule has 3 aromatic rings. The molecule has 6 heteroatoms. The first kappa shape index (κ1) is 21.8. The highest BCUT2D eigenvalue weighted by Crippen LogP contribution is 2.31. The summed E-state index contributed by atoms with van der Waals surface area (Å²) < 4.78 is 6.00. The predicted octanol–water partition coefficient (Wildman–Crippen LogP) is 4.67. The molecule has 1 N–H and O–H groups in total. The van der Waals surface area contributed by atoms with E-state index in [1.54, 1.807) is 12.4 Å². The number of hydrogen-bond acceptors (Lipinski definition) is 5.